The molecule has 0 saturated heterocycles. The molecule has 27 heavy (non-hydrogen) atoms. The molecule has 0 atom stereocenters. The molecule has 144 valence electrons. The Hall–Kier alpha value is -3.03. The normalized spacial score (nSPS) is 11.6. The van der Waals surface area contributed by atoms with Crippen molar-refractivity contribution < 1.29 is 27.5 Å². The minimum Gasteiger partial charge on any atom is -0.410 e. The van der Waals surface area contributed by atoms with E-state index in [1.54, 1.807) is 20.8 Å². The van der Waals surface area contributed by atoms with Gasteiger partial charge in [0.25, 0.3) is 5.91 Å². The van der Waals surface area contributed by atoms with Crippen molar-refractivity contribution in [3.05, 3.63) is 59.7 Å². The number of hydrogen-bond donors (Lipinski definition) is 2. The average molecular weight is 380 g/mol. The molecule has 2 amide bonds. The molecule has 0 heterocycles. The summed E-state index contributed by atoms with van der Waals surface area (Å²) in [5.41, 5.74) is -1.12. The SMILES string of the molecule is CC(C)(C)NC(=O)Oc1ccc(NC(=O)c2cccc(C(F)(F)F)c2)cc1. The topological polar surface area (TPSA) is 67.4 Å². The van der Waals surface area contributed by atoms with E-state index in [0.717, 1.165) is 12.1 Å². The predicted molar refractivity (Wildman–Crippen MR) is 94.8 cm³/mol. The van der Waals surface area contributed by atoms with Crippen LogP contribution in [-0.4, -0.2) is 17.5 Å². The summed E-state index contributed by atoms with van der Waals surface area (Å²) in [6.07, 6.45) is -5.15. The van der Waals surface area contributed by atoms with Gasteiger partial charge in [0.1, 0.15) is 5.75 Å². The Morgan fingerprint density at radius 1 is 0.963 bits per heavy atom. The molecule has 2 aromatic carbocycles. The lowest BCUT2D eigenvalue weighted by Crippen LogP contribution is -2.42. The number of rotatable bonds is 3. The van der Waals surface area contributed by atoms with E-state index in [9.17, 15) is 22.8 Å². The van der Waals surface area contributed by atoms with Crippen molar-refractivity contribution >= 4 is 17.7 Å². The van der Waals surface area contributed by atoms with E-state index in [0.29, 0.717) is 5.69 Å². The molecule has 0 radical (unpaired) electrons. The van der Waals surface area contributed by atoms with Gasteiger partial charge in [-0.25, -0.2) is 4.79 Å². The smallest absolute Gasteiger partial charge is 0.410 e. The Balaban J connectivity index is 2.02. The highest BCUT2D eigenvalue weighted by Gasteiger charge is 2.30. The lowest BCUT2D eigenvalue weighted by atomic mass is 10.1. The molecule has 0 aliphatic rings. The summed E-state index contributed by atoms with van der Waals surface area (Å²) in [7, 11) is 0. The molecule has 2 N–H and O–H groups in total. The zero-order valence-corrected chi connectivity index (χ0v) is 15.0. The Morgan fingerprint density at radius 2 is 1.59 bits per heavy atom. The van der Waals surface area contributed by atoms with Crippen LogP contribution in [0.2, 0.25) is 0 Å². The van der Waals surface area contributed by atoms with Crippen LogP contribution in [0.3, 0.4) is 0 Å². The van der Waals surface area contributed by atoms with E-state index >= 15 is 0 Å². The third kappa shape index (κ3) is 6.32. The lowest BCUT2D eigenvalue weighted by molar-refractivity contribution is -0.137. The van der Waals surface area contributed by atoms with Crippen molar-refractivity contribution in [2.24, 2.45) is 0 Å². The Kier molecular flexibility index (Phi) is 5.78. The molecule has 2 aromatic rings. The monoisotopic (exact) mass is 380 g/mol. The molecule has 0 saturated carbocycles. The minimum atomic E-state index is -4.52. The molecule has 0 aromatic heterocycles. The first-order valence-electron chi connectivity index (χ1n) is 8.03. The van der Waals surface area contributed by atoms with Crippen LogP contribution >= 0.6 is 0 Å². The summed E-state index contributed by atoms with van der Waals surface area (Å²) in [5, 5.41) is 5.12. The van der Waals surface area contributed by atoms with E-state index in [1.807, 2.05) is 0 Å². The fraction of sp³-hybridized carbons (Fsp3) is 0.263. The number of halogens is 3. The first-order valence-corrected chi connectivity index (χ1v) is 8.03. The van der Waals surface area contributed by atoms with E-state index in [1.165, 1.54) is 36.4 Å². The first kappa shape index (κ1) is 20.3. The molecule has 0 spiro atoms. The fourth-order valence-electron chi connectivity index (χ4n) is 2.09. The number of carbonyl (C=O) groups excluding carboxylic acids is 2. The van der Waals surface area contributed by atoms with Crippen molar-refractivity contribution in [1.82, 2.24) is 5.32 Å². The van der Waals surface area contributed by atoms with Gasteiger partial charge in [-0.1, -0.05) is 6.07 Å². The van der Waals surface area contributed by atoms with Gasteiger partial charge in [0.15, 0.2) is 0 Å². The number of hydrogen-bond acceptors (Lipinski definition) is 3. The zero-order valence-electron chi connectivity index (χ0n) is 15.0. The molecule has 0 aliphatic carbocycles. The second-order valence-corrected chi connectivity index (χ2v) is 6.82. The van der Waals surface area contributed by atoms with E-state index in [4.69, 9.17) is 4.74 Å². The molecule has 5 nitrogen and oxygen atoms in total. The number of nitrogens with one attached hydrogen (secondary N) is 2. The highest BCUT2D eigenvalue weighted by molar-refractivity contribution is 6.04. The highest BCUT2D eigenvalue weighted by Crippen LogP contribution is 2.29. The van der Waals surface area contributed by atoms with Crippen molar-refractivity contribution in [2.75, 3.05) is 5.32 Å². The van der Waals surface area contributed by atoms with Crippen LogP contribution in [0.5, 0.6) is 5.75 Å². The van der Waals surface area contributed by atoms with Crippen molar-refractivity contribution in [3.63, 3.8) is 0 Å². The maximum atomic E-state index is 12.7. The average Bonchev–Trinajstić information content (AvgIpc) is 2.54. The van der Waals surface area contributed by atoms with Crippen LogP contribution < -0.4 is 15.4 Å². The maximum absolute atomic E-state index is 12.7. The van der Waals surface area contributed by atoms with E-state index in [2.05, 4.69) is 10.6 Å². The fourth-order valence-corrected chi connectivity index (χ4v) is 2.09. The van der Waals surface area contributed by atoms with Crippen molar-refractivity contribution in [2.45, 2.75) is 32.5 Å². The van der Waals surface area contributed by atoms with Crippen LogP contribution in [0.25, 0.3) is 0 Å². The number of ether oxygens (including phenoxy) is 1. The predicted octanol–water partition coefficient (Wildman–Crippen LogP) is 4.84. The van der Waals surface area contributed by atoms with E-state index < -0.39 is 29.3 Å². The number of benzene rings is 2. The van der Waals surface area contributed by atoms with Gasteiger partial charge in [0.2, 0.25) is 0 Å². The summed E-state index contributed by atoms with van der Waals surface area (Å²) in [5.74, 6) is -0.422. The van der Waals surface area contributed by atoms with Crippen LogP contribution in [-0.2, 0) is 6.18 Å². The summed E-state index contributed by atoms with van der Waals surface area (Å²) < 4.78 is 43.3. The second kappa shape index (κ2) is 7.69. The minimum absolute atomic E-state index is 0.116. The van der Waals surface area contributed by atoms with Gasteiger partial charge in [0.05, 0.1) is 5.56 Å². The Labute approximate surface area is 154 Å². The molecule has 0 bridgehead atoms. The lowest BCUT2D eigenvalue weighted by Gasteiger charge is -2.19. The van der Waals surface area contributed by atoms with Gasteiger partial charge in [0, 0.05) is 16.8 Å². The van der Waals surface area contributed by atoms with Crippen LogP contribution in [0, 0.1) is 0 Å². The second-order valence-electron chi connectivity index (χ2n) is 6.82. The van der Waals surface area contributed by atoms with Gasteiger partial charge >= 0.3 is 12.3 Å². The molecular weight excluding hydrogens is 361 g/mol. The summed E-state index contributed by atoms with van der Waals surface area (Å²) >= 11 is 0. The first-order chi connectivity index (χ1) is 12.4. The number of carbonyl (C=O) groups is 2. The van der Waals surface area contributed by atoms with Crippen LogP contribution in [0.4, 0.5) is 23.7 Å². The van der Waals surface area contributed by atoms with Crippen LogP contribution in [0.15, 0.2) is 48.5 Å². The maximum Gasteiger partial charge on any atom is 0.416 e. The van der Waals surface area contributed by atoms with Gasteiger partial charge in [-0.15, -0.1) is 0 Å². The van der Waals surface area contributed by atoms with E-state index in [-0.39, 0.29) is 11.3 Å². The third-order valence-corrected chi connectivity index (χ3v) is 3.25. The Morgan fingerprint density at radius 3 is 2.15 bits per heavy atom. The van der Waals surface area contributed by atoms with Crippen molar-refractivity contribution in [1.29, 1.82) is 0 Å². The van der Waals surface area contributed by atoms with Gasteiger partial charge < -0.3 is 15.4 Å². The molecule has 8 heteroatoms. The zero-order chi connectivity index (χ0) is 20.2. The van der Waals surface area contributed by atoms with Gasteiger partial charge in [-0.2, -0.15) is 13.2 Å². The number of anilines is 1. The highest BCUT2D eigenvalue weighted by atomic mass is 19.4. The number of alkyl halides is 3. The summed E-state index contributed by atoms with van der Waals surface area (Å²) in [4.78, 5) is 23.8. The Bertz CT molecular complexity index is 825. The van der Waals surface area contributed by atoms with Gasteiger partial charge in [-0.3, -0.25) is 4.79 Å². The summed E-state index contributed by atoms with van der Waals surface area (Å²) in [6, 6.07) is 10.0. The number of amides is 2. The largest absolute Gasteiger partial charge is 0.416 e. The quantitative estimate of drug-likeness (QED) is 0.800. The van der Waals surface area contributed by atoms with Crippen LogP contribution in [0.1, 0.15) is 36.7 Å². The molecule has 2 rings (SSSR count). The standard InChI is InChI=1S/C19H19F3N2O3/c1-18(2,3)24-17(26)27-15-9-7-14(8-10-15)23-16(25)12-5-4-6-13(11-12)19(20,21)22/h4-11H,1-3H3,(H,23,25)(H,24,26). The molecule has 0 fully saturated rings. The van der Waals surface area contributed by atoms with Gasteiger partial charge in [-0.05, 0) is 63.2 Å². The molecular formula is C19H19F3N2O3. The summed E-state index contributed by atoms with van der Waals surface area (Å²) in [6.45, 7) is 5.42. The third-order valence-electron chi connectivity index (χ3n) is 3.25. The van der Waals surface area contributed by atoms with Crippen molar-refractivity contribution in [3.8, 4) is 5.75 Å². The molecule has 0 unspecified atom stereocenters. The molecule has 0 aliphatic heterocycles.